The monoisotopic (exact) mass is 358 g/mol. The van der Waals surface area contributed by atoms with Gasteiger partial charge in [-0.2, -0.15) is 15.0 Å². The molecule has 0 aliphatic rings. The van der Waals surface area contributed by atoms with Gasteiger partial charge in [-0.05, 0) is 46.6 Å². The molecule has 0 unspecified atom stereocenters. The van der Waals surface area contributed by atoms with Crippen molar-refractivity contribution in [1.82, 2.24) is 15.0 Å². The van der Waals surface area contributed by atoms with Gasteiger partial charge in [-0.25, -0.2) is 0 Å². The van der Waals surface area contributed by atoms with Gasteiger partial charge in [0.25, 0.3) is 0 Å². The minimum absolute atomic E-state index is 0.0648. The summed E-state index contributed by atoms with van der Waals surface area (Å²) >= 11 is 9.21. The molecule has 0 amide bonds. The Bertz CT molecular complexity index is 612. The number of nitrogens with zero attached hydrogens (tertiary/aromatic N) is 3. The number of aromatic nitrogens is 3. The fourth-order valence-electron chi connectivity index (χ4n) is 1.45. The molecule has 0 spiro atoms. The molecule has 0 radical (unpaired) electrons. The highest BCUT2D eigenvalue weighted by atomic mass is 79.9. The van der Waals surface area contributed by atoms with Crippen LogP contribution < -0.4 is 14.8 Å². The lowest BCUT2D eigenvalue weighted by atomic mass is 10.3. The van der Waals surface area contributed by atoms with Crippen molar-refractivity contribution in [2.45, 2.75) is 6.92 Å². The van der Waals surface area contributed by atoms with E-state index < -0.39 is 0 Å². The Morgan fingerprint density at radius 3 is 2.80 bits per heavy atom. The molecule has 0 saturated heterocycles. The third-order valence-electron chi connectivity index (χ3n) is 2.27. The molecule has 6 nitrogen and oxygen atoms in total. The predicted octanol–water partition coefficient (Wildman–Crippen LogP) is 3.44. The van der Waals surface area contributed by atoms with Crippen LogP contribution in [0.3, 0.4) is 0 Å². The van der Waals surface area contributed by atoms with Gasteiger partial charge in [0.1, 0.15) is 5.75 Å². The average molecular weight is 360 g/mol. The Morgan fingerprint density at radius 2 is 2.10 bits per heavy atom. The lowest BCUT2D eigenvalue weighted by Crippen LogP contribution is -2.04. The molecule has 2 rings (SSSR count). The number of ether oxygens (including phenoxy) is 2. The third-order valence-corrected chi connectivity index (χ3v) is 3.09. The van der Waals surface area contributed by atoms with E-state index in [0.29, 0.717) is 18.3 Å². The molecule has 1 aromatic carbocycles. The summed E-state index contributed by atoms with van der Waals surface area (Å²) < 4.78 is 11.3. The van der Waals surface area contributed by atoms with Crippen LogP contribution in [-0.4, -0.2) is 28.7 Å². The maximum atomic E-state index is 5.82. The van der Waals surface area contributed by atoms with Crippen LogP contribution in [0.25, 0.3) is 0 Å². The van der Waals surface area contributed by atoms with Gasteiger partial charge in [-0.1, -0.05) is 0 Å². The van der Waals surface area contributed by atoms with E-state index in [0.717, 1.165) is 10.2 Å². The first kappa shape index (κ1) is 14.8. The van der Waals surface area contributed by atoms with E-state index in [1.807, 2.05) is 25.1 Å². The number of hydrogen-bond acceptors (Lipinski definition) is 6. The summed E-state index contributed by atoms with van der Waals surface area (Å²) in [6.07, 6.45) is 0. The second-order valence-electron chi connectivity index (χ2n) is 3.62. The van der Waals surface area contributed by atoms with Crippen LogP contribution in [0.4, 0.5) is 11.6 Å². The Balaban J connectivity index is 2.25. The zero-order chi connectivity index (χ0) is 14.5. The van der Waals surface area contributed by atoms with Crippen LogP contribution in [-0.2, 0) is 0 Å². The molecule has 1 N–H and O–H groups in total. The van der Waals surface area contributed by atoms with E-state index >= 15 is 0 Å². The van der Waals surface area contributed by atoms with Crippen LogP contribution in [0, 0.1) is 0 Å². The minimum atomic E-state index is 0.0648. The SMILES string of the molecule is CCOc1nc(Cl)nc(Nc2ccc(Br)c(OC)c2)n1. The highest BCUT2D eigenvalue weighted by molar-refractivity contribution is 9.10. The Labute approximate surface area is 129 Å². The summed E-state index contributed by atoms with van der Waals surface area (Å²) in [5, 5.41) is 3.08. The lowest BCUT2D eigenvalue weighted by molar-refractivity contribution is 0.312. The van der Waals surface area contributed by atoms with Crippen LogP contribution in [0.1, 0.15) is 6.92 Å². The topological polar surface area (TPSA) is 69.2 Å². The molecule has 0 bridgehead atoms. The summed E-state index contributed by atoms with van der Waals surface area (Å²) in [6, 6.07) is 5.69. The highest BCUT2D eigenvalue weighted by Gasteiger charge is 2.07. The standard InChI is InChI=1S/C12H12BrClN4O2/c1-3-20-12-17-10(14)16-11(18-12)15-7-4-5-8(13)9(6-7)19-2/h4-6H,3H2,1-2H3,(H,15,16,17,18). The number of halogens is 2. The molecule has 8 heteroatoms. The van der Waals surface area contributed by atoms with Crippen molar-refractivity contribution in [3.8, 4) is 11.8 Å². The third kappa shape index (κ3) is 3.71. The Hall–Kier alpha value is -1.60. The first-order valence-electron chi connectivity index (χ1n) is 5.77. The summed E-state index contributed by atoms with van der Waals surface area (Å²) in [5.74, 6) is 0.998. The van der Waals surface area contributed by atoms with Gasteiger partial charge in [0.2, 0.25) is 11.2 Å². The molecule has 20 heavy (non-hydrogen) atoms. The summed E-state index contributed by atoms with van der Waals surface area (Å²) in [7, 11) is 1.59. The van der Waals surface area contributed by atoms with Crippen LogP contribution >= 0.6 is 27.5 Å². The molecule has 0 aliphatic carbocycles. The molecule has 1 aromatic heterocycles. The molecule has 0 aliphatic heterocycles. The van der Waals surface area contributed by atoms with Crippen molar-refractivity contribution in [3.05, 3.63) is 28.0 Å². The van der Waals surface area contributed by atoms with E-state index in [1.54, 1.807) is 7.11 Å². The van der Waals surface area contributed by atoms with Gasteiger partial charge < -0.3 is 14.8 Å². The second kappa shape index (κ2) is 6.71. The summed E-state index contributed by atoms with van der Waals surface area (Å²) in [6.45, 7) is 2.29. The van der Waals surface area contributed by atoms with Gasteiger partial charge in [-0.3, -0.25) is 0 Å². The number of methoxy groups -OCH3 is 1. The van der Waals surface area contributed by atoms with Crippen molar-refractivity contribution in [2.75, 3.05) is 19.0 Å². The lowest BCUT2D eigenvalue weighted by Gasteiger charge is -2.09. The predicted molar refractivity (Wildman–Crippen MR) is 80.0 cm³/mol. The molecule has 2 aromatic rings. The number of nitrogens with one attached hydrogen (secondary N) is 1. The Morgan fingerprint density at radius 1 is 1.30 bits per heavy atom. The van der Waals surface area contributed by atoms with Crippen LogP contribution in [0.5, 0.6) is 11.8 Å². The summed E-state index contributed by atoms with van der Waals surface area (Å²) in [5.41, 5.74) is 0.759. The molecule has 1 heterocycles. The zero-order valence-electron chi connectivity index (χ0n) is 10.9. The fraction of sp³-hybridized carbons (Fsp3) is 0.250. The molecule has 0 atom stereocenters. The van der Waals surface area contributed by atoms with Gasteiger partial charge in [0, 0.05) is 11.8 Å². The molecular weight excluding hydrogens is 348 g/mol. The largest absolute Gasteiger partial charge is 0.495 e. The quantitative estimate of drug-likeness (QED) is 0.882. The van der Waals surface area contributed by atoms with Gasteiger partial charge in [0.15, 0.2) is 0 Å². The fourth-order valence-corrected chi connectivity index (χ4v) is 2.01. The molecular formula is C12H12BrClN4O2. The molecule has 0 fully saturated rings. The highest BCUT2D eigenvalue weighted by Crippen LogP contribution is 2.29. The number of hydrogen-bond donors (Lipinski definition) is 1. The second-order valence-corrected chi connectivity index (χ2v) is 4.81. The van der Waals surface area contributed by atoms with Crippen molar-refractivity contribution in [1.29, 1.82) is 0 Å². The number of rotatable bonds is 5. The summed E-state index contributed by atoms with van der Waals surface area (Å²) in [4.78, 5) is 12.0. The normalized spacial score (nSPS) is 10.2. The molecule has 106 valence electrons. The maximum absolute atomic E-state index is 5.82. The van der Waals surface area contributed by atoms with Crippen molar-refractivity contribution in [2.24, 2.45) is 0 Å². The van der Waals surface area contributed by atoms with Gasteiger partial charge in [0.05, 0.1) is 18.2 Å². The van der Waals surface area contributed by atoms with E-state index in [2.05, 4.69) is 36.2 Å². The smallest absolute Gasteiger partial charge is 0.322 e. The van der Waals surface area contributed by atoms with Gasteiger partial charge in [-0.15, -0.1) is 0 Å². The van der Waals surface area contributed by atoms with E-state index in [1.165, 1.54) is 0 Å². The number of anilines is 2. The van der Waals surface area contributed by atoms with E-state index in [4.69, 9.17) is 21.1 Å². The minimum Gasteiger partial charge on any atom is -0.495 e. The average Bonchev–Trinajstić information content (AvgIpc) is 2.40. The van der Waals surface area contributed by atoms with E-state index in [9.17, 15) is 0 Å². The van der Waals surface area contributed by atoms with Crippen LogP contribution in [0.2, 0.25) is 5.28 Å². The maximum Gasteiger partial charge on any atom is 0.322 e. The van der Waals surface area contributed by atoms with E-state index in [-0.39, 0.29) is 11.3 Å². The first-order valence-corrected chi connectivity index (χ1v) is 6.94. The van der Waals surface area contributed by atoms with Gasteiger partial charge >= 0.3 is 6.01 Å². The zero-order valence-corrected chi connectivity index (χ0v) is 13.2. The van der Waals surface area contributed by atoms with Crippen molar-refractivity contribution >= 4 is 39.2 Å². The Kier molecular flexibility index (Phi) is 4.97. The van der Waals surface area contributed by atoms with Crippen molar-refractivity contribution < 1.29 is 9.47 Å². The van der Waals surface area contributed by atoms with Crippen LogP contribution in [0.15, 0.2) is 22.7 Å². The number of benzene rings is 1. The van der Waals surface area contributed by atoms with Crippen molar-refractivity contribution in [3.63, 3.8) is 0 Å². The molecule has 0 saturated carbocycles. The first-order chi connectivity index (χ1) is 9.62.